The van der Waals surface area contributed by atoms with Crippen LogP contribution >= 0.6 is 11.3 Å². The van der Waals surface area contributed by atoms with Crippen molar-refractivity contribution in [1.82, 2.24) is 4.31 Å². The highest BCUT2D eigenvalue weighted by atomic mass is 32.2. The first-order valence-electron chi connectivity index (χ1n) is 12.0. The van der Waals surface area contributed by atoms with E-state index in [0.29, 0.717) is 10.6 Å². The number of sulfonamides is 1. The molecule has 202 valence electrons. The largest absolute Gasteiger partial charge is 0.462 e. The number of nitrogens with one attached hydrogen (secondary N) is 1. The van der Waals surface area contributed by atoms with Gasteiger partial charge in [0.2, 0.25) is 10.0 Å². The van der Waals surface area contributed by atoms with Gasteiger partial charge < -0.3 is 19.5 Å². The Morgan fingerprint density at radius 3 is 2.32 bits per heavy atom. The second-order valence-corrected chi connectivity index (χ2v) is 11.5. The van der Waals surface area contributed by atoms with Crippen LogP contribution in [0.2, 0.25) is 0 Å². The molecule has 0 spiro atoms. The molecule has 3 rings (SSSR count). The van der Waals surface area contributed by atoms with Crippen LogP contribution in [-0.4, -0.2) is 75.5 Å². The van der Waals surface area contributed by atoms with Crippen LogP contribution in [0.25, 0.3) is 0 Å². The summed E-state index contributed by atoms with van der Waals surface area (Å²) in [6.07, 6.45) is -0.482. The summed E-state index contributed by atoms with van der Waals surface area (Å²) in [5, 5.41) is 3.22. The lowest BCUT2D eigenvalue weighted by Crippen LogP contribution is -2.48. The van der Waals surface area contributed by atoms with Crippen molar-refractivity contribution in [3.63, 3.8) is 0 Å². The zero-order valence-electron chi connectivity index (χ0n) is 21.5. The van der Waals surface area contributed by atoms with Crippen LogP contribution in [0.4, 0.5) is 5.00 Å². The number of thiophene rings is 1. The number of morpholine rings is 1. The van der Waals surface area contributed by atoms with E-state index in [1.165, 1.54) is 28.6 Å². The predicted molar refractivity (Wildman–Crippen MR) is 139 cm³/mol. The number of benzene rings is 1. The Bertz CT molecular complexity index is 1260. The first-order chi connectivity index (χ1) is 17.5. The van der Waals surface area contributed by atoms with E-state index < -0.39 is 22.0 Å². The van der Waals surface area contributed by atoms with E-state index >= 15 is 0 Å². The van der Waals surface area contributed by atoms with Crippen molar-refractivity contribution in [1.29, 1.82) is 0 Å². The molecule has 0 amide bonds. The topological polar surface area (TPSA) is 128 Å². The maximum Gasteiger partial charge on any atom is 0.348 e. The van der Waals surface area contributed by atoms with E-state index in [1.54, 1.807) is 20.8 Å². The third kappa shape index (κ3) is 6.56. The number of ketones is 1. The van der Waals surface area contributed by atoms with Gasteiger partial charge in [-0.05, 0) is 52.3 Å². The fraction of sp³-hybridized carbons (Fsp3) is 0.480. The van der Waals surface area contributed by atoms with Crippen molar-refractivity contribution in [3.8, 4) is 0 Å². The van der Waals surface area contributed by atoms with Gasteiger partial charge in [0.1, 0.15) is 9.88 Å². The molecule has 1 saturated heterocycles. The summed E-state index contributed by atoms with van der Waals surface area (Å²) in [5.41, 5.74) is 0.757. The highest BCUT2D eigenvalue weighted by Gasteiger charge is 2.32. The van der Waals surface area contributed by atoms with Crippen molar-refractivity contribution in [2.24, 2.45) is 0 Å². The van der Waals surface area contributed by atoms with Crippen LogP contribution in [0.3, 0.4) is 0 Å². The van der Waals surface area contributed by atoms with Crippen LogP contribution in [0.5, 0.6) is 0 Å². The second-order valence-electron chi connectivity index (χ2n) is 8.59. The van der Waals surface area contributed by atoms with Gasteiger partial charge in [0.05, 0.1) is 42.4 Å². The number of Topliss-reactive ketones (excluding diaryl/α,β-unsaturated/α-hetero) is 1. The van der Waals surface area contributed by atoms with Gasteiger partial charge in [0.25, 0.3) is 0 Å². The molecule has 0 aliphatic carbocycles. The Hall–Kier alpha value is -2.80. The molecule has 2 unspecified atom stereocenters. The quantitative estimate of drug-likeness (QED) is 0.348. The molecule has 1 N–H and O–H groups in total. The SMILES string of the molecule is CCOC(=O)c1sc(NCC(=O)c2cccc(S(=O)(=O)N3CC(C)OC(C)C3)c2)c(C(=O)OCC)c1C. The number of rotatable bonds is 10. The van der Waals surface area contributed by atoms with Crippen molar-refractivity contribution in [2.45, 2.75) is 51.7 Å². The third-order valence-electron chi connectivity index (χ3n) is 5.68. The van der Waals surface area contributed by atoms with Gasteiger partial charge in [-0.1, -0.05) is 12.1 Å². The number of hydrogen-bond acceptors (Lipinski definition) is 10. The van der Waals surface area contributed by atoms with Gasteiger partial charge in [-0.15, -0.1) is 11.3 Å². The number of nitrogens with zero attached hydrogens (tertiary/aromatic N) is 1. The molecule has 0 radical (unpaired) electrons. The molecule has 12 heteroatoms. The van der Waals surface area contributed by atoms with E-state index in [9.17, 15) is 22.8 Å². The fourth-order valence-corrected chi connectivity index (χ4v) is 6.77. The van der Waals surface area contributed by atoms with E-state index in [1.807, 2.05) is 13.8 Å². The Morgan fingerprint density at radius 2 is 1.70 bits per heavy atom. The lowest BCUT2D eigenvalue weighted by molar-refractivity contribution is -0.0440. The molecule has 1 fully saturated rings. The Morgan fingerprint density at radius 1 is 1.08 bits per heavy atom. The lowest BCUT2D eigenvalue weighted by atomic mass is 10.1. The van der Waals surface area contributed by atoms with Gasteiger partial charge in [-0.25, -0.2) is 18.0 Å². The number of carbonyl (C=O) groups is 3. The maximum atomic E-state index is 13.2. The number of hydrogen-bond donors (Lipinski definition) is 1. The number of anilines is 1. The van der Waals surface area contributed by atoms with Crippen LogP contribution in [0, 0.1) is 6.92 Å². The molecule has 1 aliphatic rings. The Kier molecular flexibility index (Phi) is 9.46. The minimum absolute atomic E-state index is 0.0171. The van der Waals surface area contributed by atoms with Crippen LogP contribution in [-0.2, 0) is 24.2 Å². The van der Waals surface area contributed by atoms with Crippen molar-refractivity contribution >= 4 is 44.1 Å². The van der Waals surface area contributed by atoms with Crippen LogP contribution < -0.4 is 5.32 Å². The van der Waals surface area contributed by atoms with Crippen molar-refractivity contribution in [3.05, 3.63) is 45.8 Å². The zero-order chi connectivity index (χ0) is 27.3. The normalized spacial score (nSPS) is 18.3. The van der Waals surface area contributed by atoms with Gasteiger partial charge in [0.15, 0.2) is 5.78 Å². The second kappa shape index (κ2) is 12.2. The number of ether oxygens (including phenoxy) is 3. The smallest absolute Gasteiger partial charge is 0.348 e. The average Bonchev–Trinajstić information content (AvgIpc) is 3.18. The van der Waals surface area contributed by atoms with Crippen LogP contribution in [0.1, 0.15) is 63.6 Å². The summed E-state index contributed by atoms with van der Waals surface area (Å²) in [6.45, 7) is 9.13. The minimum Gasteiger partial charge on any atom is -0.462 e. The average molecular weight is 553 g/mol. The van der Waals surface area contributed by atoms with Gasteiger partial charge in [-0.3, -0.25) is 4.79 Å². The summed E-state index contributed by atoms with van der Waals surface area (Å²) in [4.78, 5) is 38.2. The predicted octanol–water partition coefficient (Wildman–Crippen LogP) is 3.50. The molecular weight excluding hydrogens is 520 g/mol. The molecule has 2 atom stereocenters. The first kappa shape index (κ1) is 28.8. The van der Waals surface area contributed by atoms with Gasteiger partial charge in [-0.2, -0.15) is 4.31 Å². The monoisotopic (exact) mass is 552 g/mol. The van der Waals surface area contributed by atoms with Crippen molar-refractivity contribution < 1.29 is 37.0 Å². The number of carbonyl (C=O) groups excluding carboxylic acids is 3. The zero-order valence-corrected chi connectivity index (χ0v) is 23.2. The standard InChI is InChI=1S/C25H32N2O8S2/c1-6-33-24(29)21-17(5)22(25(30)34-7-2)36-23(21)26-12-20(28)18-9-8-10-19(11-18)37(31,32)27-13-15(3)35-16(4)14-27/h8-11,15-16,26H,6-7,12-14H2,1-5H3. The first-order valence-corrected chi connectivity index (χ1v) is 14.3. The van der Waals surface area contributed by atoms with E-state index in [2.05, 4.69) is 5.32 Å². The van der Waals surface area contributed by atoms with E-state index in [-0.39, 0.29) is 71.7 Å². The molecule has 1 aliphatic heterocycles. The summed E-state index contributed by atoms with van der Waals surface area (Å²) >= 11 is 0.999. The van der Waals surface area contributed by atoms with Gasteiger partial charge in [0, 0.05) is 18.7 Å². The summed E-state index contributed by atoms with van der Waals surface area (Å²) in [6, 6.07) is 5.85. The van der Waals surface area contributed by atoms with E-state index in [0.717, 1.165) is 11.3 Å². The Balaban J connectivity index is 1.82. The lowest BCUT2D eigenvalue weighted by Gasteiger charge is -2.34. The molecule has 2 aromatic rings. The molecule has 2 heterocycles. The summed E-state index contributed by atoms with van der Waals surface area (Å²) in [7, 11) is -3.82. The fourth-order valence-electron chi connectivity index (χ4n) is 4.05. The minimum atomic E-state index is -3.82. The van der Waals surface area contributed by atoms with Gasteiger partial charge >= 0.3 is 11.9 Å². The summed E-state index contributed by atoms with van der Waals surface area (Å²) < 4.78 is 43.6. The summed E-state index contributed by atoms with van der Waals surface area (Å²) in [5.74, 6) is -1.58. The Labute approximate surface area is 220 Å². The number of esters is 2. The molecule has 0 saturated carbocycles. The third-order valence-corrected chi connectivity index (χ3v) is 8.73. The highest BCUT2D eigenvalue weighted by molar-refractivity contribution is 7.89. The molecule has 0 bridgehead atoms. The van der Waals surface area contributed by atoms with Crippen molar-refractivity contribution in [2.75, 3.05) is 38.2 Å². The molecule has 10 nitrogen and oxygen atoms in total. The molecular formula is C25H32N2O8S2. The molecule has 1 aromatic carbocycles. The maximum absolute atomic E-state index is 13.2. The highest BCUT2D eigenvalue weighted by Crippen LogP contribution is 2.34. The van der Waals surface area contributed by atoms with Crippen LogP contribution in [0.15, 0.2) is 29.2 Å². The van der Waals surface area contributed by atoms with E-state index in [4.69, 9.17) is 14.2 Å². The molecule has 37 heavy (non-hydrogen) atoms. The molecule has 1 aromatic heterocycles.